The van der Waals surface area contributed by atoms with E-state index >= 15 is 0 Å². The lowest BCUT2D eigenvalue weighted by molar-refractivity contribution is 0.191. The SMILES string of the molecule is COCCCCn1ccnc1-c1cccc(I)c1. The van der Waals surface area contributed by atoms with Gasteiger partial charge in [0.05, 0.1) is 0 Å². The van der Waals surface area contributed by atoms with Gasteiger partial charge < -0.3 is 9.30 Å². The maximum absolute atomic E-state index is 5.07. The Morgan fingerprint density at radius 3 is 3.00 bits per heavy atom. The summed E-state index contributed by atoms with van der Waals surface area (Å²) in [6.45, 7) is 1.82. The topological polar surface area (TPSA) is 27.1 Å². The number of methoxy groups -OCH3 is 1. The van der Waals surface area contributed by atoms with Gasteiger partial charge in [0, 0.05) is 41.8 Å². The predicted octanol–water partition coefficient (Wildman–Crippen LogP) is 3.58. The maximum Gasteiger partial charge on any atom is 0.139 e. The highest BCUT2D eigenvalue weighted by molar-refractivity contribution is 14.1. The minimum atomic E-state index is 0.827. The summed E-state index contributed by atoms with van der Waals surface area (Å²) in [5.74, 6) is 1.05. The molecule has 0 unspecified atom stereocenters. The number of ether oxygens (including phenoxy) is 1. The Balaban J connectivity index is 2.08. The van der Waals surface area contributed by atoms with E-state index in [0.29, 0.717) is 0 Å². The van der Waals surface area contributed by atoms with Crippen molar-refractivity contribution in [2.45, 2.75) is 19.4 Å². The van der Waals surface area contributed by atoms with Gasteiger partial charge in [0.2, 0.25) is 0 Å². The predicted molar refractivity (Wildman–Crippen MR) is 81.5 cm³/mol. The van der Waals surface area contributed by atoms with Gasteiger partial charge in [-0.05, 0) is 47.6 Å². The van der Waals surface area contributed by atoms with Crippen molar-refractivity contribution in [2.24, 2.45) is 0 Å². The van der Waals surface area contributed by atoms with Gasteiger partial charge in [-0.15, -0.1) is 0 Å². The van der Waals surface area contributed by atoms with E-state index in [9.17, 15) is 0 Å². The number of aryl methyl sites for hydroxylation is 1. The molecule has 1 heterocycles. The summed E-state index contributed by atoms with van der Waals surface area (Å²) < 4.78 is 8.51. The molecule has 96 valence electrons. The van der Waals surface area contributed by atoms with Crippen LogP contribution in [-0.2, 0) is 11.3 Å². The molecule has 0 radical (unpaired) electrons. The Kier molecular flexibility index (Phi) is 5.19. The smallest absolute Gasteiger partial charge is 0.139 e. The third kappa shape index (κ3) is 3.55. The van der Waals surface area contributed by atoms with Crippen LogP contribution >= 0.6 is 22.6 Å². The van der Waals surface area contributed by atoms with Gasteiger partial charge in [0.15, 0.2) is 0 Å². The first-order valence-corrected chi connectivity index (χ1v) is 7.15. The van der Waals surface area contributed by atoms with E-state index in [0.717, 1.165) is 31.8 Å². The van der Waals surface area contributed by atoms with Crippen molar-refractivity contribution in [2.75, 3.05) is 13.7 Å². The maximum atomic E-state index is 5.07. The summed E-state index contributed by atoms with van der Waals surface area (Å²) in [7, 11) is 1.74. The molecule has 4 heteroatoms. The highest BCUT2D eigenvalue weighted by Crippen LogP contribution is 2.20. The number of aromatic nitrogens is 2. The number of benzene rings is 1. The number of hydrogen-bond acceptors (Lipinski definition) is 2. The first-order valence-electron chi connectivity index (χ1n) is 6.07. The van der Waals surface area contributed by atoms with E-state index in [2.05, 4.69) is 56.4 Å². The summed E-state index contributed by atoms with van der Waals surface area (Å²) in [5.41, 5.74) is 1.18. The van der Waals surface area contributed by atoms with Crippen LogP contribution in [0.1, 0.15) is 12.8 Å². The van der Waals surface area contributed by atoms with Crippen LogP contribution in [0.15, 0.2) is 36.7 Å². The number of hydrogen-bond donors (Lipinski definition) is 0. The molecule has 18 heavy (non-hydrogen) atoms. The molecule has 0 fully saturated rings. The Morgan fingerprint density at radius 2 is 2.22 bits per heavy atom. The van der Waals surface area contributed by atoms with E-state index in [4.69, 9.17) is 4.74 Å². The van der Waals surface area contributed by atoms with Crippen LogP contribution in [0.4, 0.5) is 0 Å². The fraction of sp³-hybridized carbons (Fsp3) is 0.357. The fourth-order valence-electron chi connectivity index (χ4n) is 1.91. The number of nitrogens with zero attached hydrogens (tertiary/aromatic N) is 2. The molecular formula is C14H17IN2O. The van der Waals surface area contributed by atoms with E-state index in [-0.39, 0.29) is 0 Å². The van der Waals surface area contributed by atoms with Crippen molar-refractivity contribution in [3.8, 4) is 11.4 Å². The van der Waals surface area contributed by atoms with Gasteiger partial charge in [-0.3, -0.25) is 0 Å². The van der Waals surface area contributed by atoms with Gasteiger partial charge in [-0.25, -0.2) is 4.98 Å². The van der Waals surface area contributed by atoms with Crippen LogP contribution in [0.2, 0.25) is 0 Å². The number of rotatable bonds is 6. The molecule has 0 spiro atoms. The summed E-state index contributed by atoms with van der Waals surface area (Å²) in [5, 5.41) is 0. The molecule has 0 aliphatic carbocycles. The second-order valence-corrected chi connectivity index (χ2v) is 5.40. The first-order chi connectivity index (χ1) is 8.81. The standard InChI is InChI=1S/C14H17IN2O/c1-18-10-3-2-8-17-9-7-16-14(17)12-5-4-6-13(15)11-12/h4-7,9,11H,2-3,8,10H2,1H3. The van der Waals surface area contributed by atoms with E-state index in [1.807, 2.05) is 12.4 Å². The Labute approximate surface area is 121 Å². The Morgan fingerprint density at radius 1 is 1.33 bits per heavy atom. The first kappa shape index (κ1) is 13.5. The Bertz CT molecular complexity index is 496. The minimum Gasteiger partial charge on any atom is -0.385 e. The van der Waals surface area contributed by atoms with Gasteiger partial charge in [-0.2, -0.15) is 0 Å². The van der Waals surface area contributed by atoms with Crippen molar-refractivity contribution in [3.05, 3.63) is 40.2 Å². The molecule has 1 aromatic heterocycles. The lowest BCUT2D eigenvalue weighted by atomic mass is 10.2. The van der Waals surface area contributed by atoms with Crippen LogP contribution in [0.3, 0.4) is 0 Å². The molecule has 2 rings (SSSR count). The van der Waals surface area contributed by atoms with Crippen LogP contribution < -0.4 is 0 Å². The monoisotopic (exact) mass is 356 g/mol. The molecule has 3 nitrogen and oxygen atoms in total. The highest BCUT2D eigenvalue weighted by Gasteiger charge is 2.05. The summed E-state index contributed by atoms with van der Waals surface area (Å²) in [6, 6.07) is 8.43. The molecule has 1 aromatic carbocycles. The normalized spacial score (nSPS) is 10.8. The zero-order valence-corrected chi connectivity index (χ0v) is 12.6. The molecule has 0 saturated carbocycles. The molecule has 2 aromatic rings. The molecule has 0 amide bonds. The zero-order valence-electron chi connectivity index (χ0n) is 10.5. The fourth-order valence-corrected chi connectivity index (χ4v) is 2.45. The van der Waals surface area contributed by atoms with E-state index in [1.165, 1.54) is 9.13 Å². The van der Waals surface area contributed by atoms with E-state index in [1.54, 1.807) is 7.11 Å². The van der Waals surface area contributed by atoms with Gasteiger partial charge >= 0.3 is 0 Å². The van der Waals surface area contributed by atoms with Gasteiger partial charge in [0.1, 0.15) is 5.82 Å². The molecule has 0 aliphatic heterocycles. The zero-order chi connectivity index (χ0) is 12.8. The van der Waals surface area contributed by atoms with Crippen LogP contribution in [-0.4, -0.2) is 23.3 Å². The lowest BCUT2D eigenvalue weighted by Crippen LogP contribution is -2.01. The number of imidazole rings is 1. The third-order valence-corrected chi connectivity index (χ3v) is 3.47. The van der Waals surface area contributed by atoms with Crippen molar-refractivity contribution >= 4 is 22.6 Å². The van der Waals surface area contributed by atoms with Crippen molar-refractivity contribution in [3.63, 3.8) is 0 Å². The van der Waals surface area contributed by atoms with Crippen LogP contribution in [0, 0.1) is 3.57 Å². The van der Waals surface area contributed by atoms with Crippen LogP contribution in [0.25, 0.3) is 11.4 Å². The molecule has 0 bridgehead atoms. The molecule has 0 atom stereocenters. The second-order valence-electron chi connectivity index (χ2n) is 4.15. The van der Waals surface area contributed by atoms with Crippen molar-refractivity contribution in [1.29, 1.82) is 0 Å². The summed E-state index contributed by atoms with van der Waals surface area (Å²) >= 11 is 2.33. The quantitative estimate of drug-likeness (QED) is 0.584. The molecule has 0 aliphatic rings. The summed E-state index contributed by atoms with van der Waals surface area (Å²) in [4.78, 5) is 4.45. The van der Waals surface area contributed by atoms with Crippen LogP contribution in [0.5, 0.6) is 0 Å². The third-order valence-electron chi connectivity index (χ3n) is 2.80. The lowest BCUT2D eigenvalue weighted by Gasteiger charge is -2.08. The highest BCUT2D eigenvalue weighted by atomic mass is 127. The second kappa shape index (κ2) is 6.89. The van der Waals surface area contributed by atoms with E-state index < -0.39 is 0 Å². The average molecular weight is 356 g/mol. The molecule has 0 N–H and O–H groups in total. The average Bonchev–Trinajstić information content (AvgIpc) is 2.83. The van der Waals surface area contributed by atoms with Gasteiger partial charge in [0.25, 0.3) is 0 Å². The van der Waals surface area contributed by atoms with Gasteiger partial charge in [-0.1, -0.05) is 12.1 Å². The van der Waals surface area contributed by atoms with Crippen molar-refractivity contribution < 1.29 is 4.74 Å². The largest absolute Gasteiger partial charge is 0.385 e. The minimum absolute atomic E-state index is 0.827. The number of unbranched alkanes of at least 4 members (excludes halogenated alkanes) is 1. The molecular weight excluding hydrogens is 339 g/mol. The number of halogens is 1. The molecule has 0 saturated heterocycles. The van der Waals surface area contributed by atoms with Crippen molar-refractivity contribution in [1.82, 2.24) is 9.55 Å². The summed E-state index contributed by atoms with van der Waals surface area (Å²) in [6.07, 6.45) is 6.11. The Hall–Kier alpha value is -0.880.